The van der Waals surface area contributed by atoms with E-state index in [9.17, 15) is 4.39 Å². The number of hydrogen-bond donors (Lipinski definition) is 2. The molecule has 2 aromatic rings. The maximum absolute atomic E-state index is 13.5. The molecule has 2 N–H and O–H groups in total. The Bertz CT molecular complexity index is 841. The van der Waals surface area contributed by atoms with E-state index in [1.165, 1.54) is 6.07 Å². The number of anilines is 1. The molecule has 0 amide bonds. The van der Waals surface area contributed by atoms with Gasteiger partial charge in [0, 0.05) is 31.4 Å². The second-order valence-corrected chi connectivity index (χ2v) is 6.91. The SMILES string of the molecule is CCNC(=NCc1ccc(C#N)cc1)NC1CCCN(c2cccc(F)c2)C1. The Morgan fingerprint density at radius 1 is 1.29 bits per heavy atom. The van der Waals surface area contributed by atoms with E-state index in [4.69, 9.17) is 5.26 Å². The van der Waals surface area contributed by atoms with Gasteiger partial charge in [0.25, 0.3) is 0 Å². The van der Waals surface area contributed by atoms with Crippen LogP contribution in [-0.4, -0.2) is 31.6 Å². The molecular weight excluding hydrogens is 353 g/mol. The Kier molecular flexibility index (Phi) is 6.85. The third-order valence-corrected chi connectivity index (χ3v) is 4.78. The topological polar surface area (TPSA) is 63.5 Å². The van der Waals surface area contributed by atoms with Crippen molar-refractivity contribution >= 4 is 11.6 Å². The molecule has 146 valence electrons. The van der Waals surface area contributed by atoms with Gasteiger partial charge < -0.3 is 15.5 Å². The predicted molar refractivity (Wildman–Crippen MR) is 111 cm³/mol. The number of rotatable bonds is 5. The molecule has 2 aromatic carbocycles. The highest BCUT2D eigenvalue weighted by Crippen LogP contribution is 2.20. The van der Waals surface area contributed by atoms with Crippen molar-refractivity contribution in [2.75, 3.05) is 24.5 Å². The summed E-state index contributed by atoms with van der Waals surface area (Å²) >= 11 is 0. The summed E-state index contributed by atoms with van der Waals surface area (Å²) in [5, 5.41) is 15.7. The fraction of sp³-hybridized carbons (Fsp3) is 0.364. The van der Waals surface area contributed by atoms with Crippen LogP contribution in [0.15, 0.2) is 53.5 Å². The number of aliphatic imine (C=N–C) groups is 1. The molecule has 0 radical (unpaired) electrons. The Balaban J connectivity index is 1.63. The van der Waals surface area contributed by atoms with Crippen molar-refractivity contribution in [1.29, 1.82) is 5.26 Å². The van der Waals surface area contributed by atoms with Crippen molar-refractivity contribution in [3.8, 4) is 6.07 Å². The number of guanidine groups is 1. The van der Waals surface area contributed by atoms with Crippen molar-refractivity contribution in [1.82, 2.24) is 10.6 Å². The number of nitrogens with one attached hydrogen (secondary N) is 2. The van der Waals surface area contributed by atoms with Gasteiger partial charge in [-0.3, -0.25) is 0 Å². The lowest BCUT2D eigenvalue weighted by Crippen LogP contribution is -2.51. The van der Waals surface area contributed by atoms with E-state index in [-0.39, 0.29) is 11.9 Å². The van der Waals surface area contributed by atoms with Gasteiger partial charge in [0.05, 0.1) is 18.2 Å². The molecule has 3 rings (SSSR count). The normalized spacial score (nSPS) is 17.1. The van der Waals surface area contributed by atoms with Crippen LogP contribution in [0.5, 0.6) is 0 Å². The van der Waals surface area contributed by atoms with E-state index < -0.39 is 0 Å². The van der Waals surface area contributed by atoms with Crippen LogP contribution in [0.4, 0.5) is 10.1 Å². The molecule has 0 aromatic heterocycles. The molecule has 1 unspecified atom stereocenters. The van der Waals surface area contributed by atoms with Gasteiger partial charge in [-0.2, -0.15) is 5.26 Å². The van der Waals surface area contributed by atoms with Crippen LogP contribution in [0.3, 0.4) is 0 Å². The first-order valence-corrected chi connectivity index (χ1v) is 9.72. The van der Waals surface area contributed by atoms with Crippen LogP contribution < -0.4 is 15.5 Å². The average Bonchev–Trinajstić information content (AvgIpc) is 2.73. The summed E-state index contributed by atoms with van der Waals surface area (Å²) in [6.07, 6.45) is 2.09. The average molecular weight is 379 g/mol. The van der Waals surface area contributed by atoms with Crippen LogP contribution in [-0.2, 0) is 6.54 Å². The quantitative estimate of drug-likeness (QED) is 0.617. The molecule has 1 heterocycles. The lowest BCUT2D eigenvalue weighted by Gasteiger charge is -2.35. The third-order valence-electron chi connectivity index (χ3n) is 4.78. The fourth-order valence-electron chi connectivity index (χ4n) is 3.37. The van der Waals surface area contributed by atoms with Crippen LogP contribution in [0, 0.1) is 17.1 Å². The maximum atomic E-state index is 13.5. The van der Waals surface area contributed by atoms with E-state index in [1.54, 1.807) is 12.1 Å². The lowest BCUT2D eigenvalue weighted by molar-refractivity contribution is 0.467. The van der Waals surface area contributed by atoms with Crippen molar-refractivity contribution < 1.29 is 4.39 Å². The van der Waals surface area contributed by atoms with Crippen molar-refractivity contribution in [3.05, 3.63) is 65.5 Å². The smallest absolute Gasteiger partial charge is 0.191 e. The zero-order chi connectivity index (χ0) is 19.8. The van der Waals surface area contributed by atoms with E-state index in [2.05, 4.69) is 26.6 Å². The van der Waals surface area contributed by atoms with Crippen LogP contribution >= 0.6 is 0 Å². The van der Waals surface area contributed by atoms with E-state index in [0.717, 1.165) is 49.7 Å². The summed E-state index contributed by atoms with van der Waals surface area (Å²) in [7, 11) is 0. The zero-order valence-corrected chi connectivity index (χ0v) is 16.2. The second kappa shape index (κ2) is 9.75. The van der Waals surface area contributed by atoms with E-state index in [0.29, 0.717) is 12.1 Å². The molecule has 0 bridgehead atoms. The molecule has 1 aliphatic rings. The molecule has 28 heavy (non-hydrogen) atoms. The van der Waals surface area contributed by atoms with E-state index >= 15 is 0 Å². The molecule has 6 heteroatoms. The van der Waals surface area contributed by atoms with Gasteiger partial charge >= 0.3 is 0 Å². The monoisotopic (exact) mass is 379 g/mol. The lowest BCUT2D eigenvalue weighted by atomic mass is 10.0. The minimum absolute atomic E-state index is 0.204. The zero-order valence-electron chi connectivity index (χ0n) is 16.2. The van der Waals surface area contributed by atoms with Gasteiger partial charge in [0.15, 0.2) is 5.96 Å². The molecule has 0 aliphatic carbocycles. The van der Waals surface area contributed by atoms with E-state index in [1.807, 2.05) is 37.3 Å². The summed E-state index contributed by atoms with van der Waals surface area (Å²) in [5.74, 6) is 0.572. The van der Waals surface area contributed by atoms with Gasteiger partial charge in [-0.15, -0.1) is 0 Å². The Labute approximate surface area is 165 Å². The summed E-state index contributed by atoms with van der Waals surface area (Å²) in [6, 6.07) is 16.6. The molecule has 1 saturated heterocycles. The second-order valence-electron chi connectivity index (χ2n) is 6.91. The standard InChI is InChI=1S/C22H26FN5/c1-2-25-22(26-15-18-10-8-17(14-24)9-11-18)27-20-6-4-12-28(16-20)21-7-3-5-19(23)13-21/h3,5,7-11,13,20H,2,4,6,12,15-16H2,1H3,(H2,25,26,27). The number of piperidine rings is 1. The first-order valence-electron chi connectivity index (χ1n) is 9.72. The van der Waals surface area contributed by atoms with Crippen LogP contribution in [0.25, 0.3) is 0 Å². The van der Waals surface area contributed by atoms with Gasteiger partial charge in [0.1, 0.15) is 5.82 Å². The minimum atomic E-state index is -0.204. The van der Waals surface area contributed by atoms with Crippen molar-refractivity contribution in [2.24, 2.45) is 4.99 Å². The Morgan fingerprint density at radius 3 is 2.82 bits per heavy atom. The van der Waals surface area contributed by atoms with Gasteiger partial charge in [-0.1, -0.05) is 18.2 Å². The van der Waals surface area contributed by atoms with Crippen molar-refractivity contribution in [2.45, 2.75) is 32.4 Å². The van der Waals surface area contributed by atoms with Crippen LogP contribution in [0.2, 0.25) is 0 Å². The summed E-state index contributed by atoms with van der Waals surface area (Å²) < 4.78 is 13.5. The predicted octanol–water partition coefficient (Wildman–Crippen LogP) is 3.42. The molecule has 1 aliphatic heterocycles. The number of nitrogens with zero attached hydrogens (tertiary/aromatic N) is 3. The highest BCUT2D eigenvalue weighted by molar-refractivity contribution is 5.80. The van der Waals surface area contributed by atoms with Crippen LogP contribution in [0.1, 0.15) is 30.9 Å². The largest absolute Gasteiger partial charge is 0.369 e. The summed E-state index contributed by atoms with van der Waals surface area (Å²) in [4.78, 5) is 6.89. The molecule has 5 nitrogen and oxygen atoms in total. The number of benzene rings is 2. The van der Waals surface area contributed by atoms with Gasteiger partial charge in [-0.25, -0.2) is 9.38 Å². The summed E-state index contributed by atoms with van der Waals surface area (Å²) in [5.41, 5.74) is 2.63. The highest BCUT2D eigenvalue weighted by atomic mass is 19.1. The third kappa shape index (κ3) is 5.46. The number of nitriles is 1. The molecule has 1 atom stereocenters. The molecular formula is C22H26FN5. The molecule has 0 spiro atoms. The Morgan fingerprint density at radius 2 is 2.11 bits per heavy atom. The molecule has 1 fully saturated rings. The number of halogens is 1. The first kappa shape index (κ1) is 19.7. The summed E-state index contributed by atoms with van der Waals surface area (Å²) in [6.45, 7) is 5.10. The van der Waals surface area contributed by atoms with Crippen molar-refractivity contribution in [3.63, 3.8) is 0 Å². The maximum Gasteiger partial charge on any atom is 0.191 e. The minimum Gasteiger partial charge on any atom is -0.369 e. The fourth-order valence-corrected chi connectivity index (χ4v) is 3.37. The van der Waals surface area contributed by atoms with Gasteiger partial charge in [-0.05, 0) is 55.7 Å². The van der Waals surface area contributed by atoms with Gasteiger partial charge in [0.2, 0.25) is 0 Å². The Hall–Kier alpha value is -3.07. The first-order chi connectivity index (χ1) is 13.7. The highest BCUT2D eigenvalue weighted by Gasteiger charge is 2.21. The number of hydrogen-bond acceptors (Lipinski definition) is 3. The molecule has 0 saturated carbocycles.